The quantitative estimate of drug-likeness (QED) is 0.419. The van der Waals surface area contributed by atoms with E-state index in [2.05, 4.69) is 14.9 Å². The van der Waals surface area contributed by atoms with Crippen molar-refractivity contribution in [3.63, 3.8) is 0 Å². The van der Waals surface area contributed by atoms with Crippen molar-refractivity contribution in [2.24, 2.45) is 0 Å². The standard InChI is InChI=1S/C25H25ClN4O2/c26-25-24-23(27-17-28-25)22(15-30(24)19-6-2-1-3-7-19)18-8-10-21(11-9-18)32-16-20(31)14-29-12-4-5-13-29/h1-3,6-11,15,17,20,31H,4-5,12-14,16H2. The SMILES string of the molecule is OC(COc1ccc(-c2cn(-c3ccccc3)c3c(Cl)ncnc23)cc1)CN1CCCC1. The summed E-state index contributed by atoms with van der Waals surface area (Å²) in [5.74, 6) is 0.730. The molecule has 5 rings (SSSR count). The first kappa shape index (κ1) is 20.9. The summed E-state index contributed by atoms with van der Waals surface area (Å²) in [4.78, 5) is 11.0. The molecule has 6 nitrogen and oxygen atoms in total. The van der Waals surface area contributed by atoms with Gasteiger partial charge in [-0.1, -0.05) is 41.9 Å². The van der Waals surface area contributed by atoms with E-state index in [9.17, 15) is 5.11 Å². The third-order valence-electron chi connectivity index (χ3n) is 5.84. The number of hydrogen-bond acceptors (Lipinski definition) is 5. The maximum absolute atomic E-state index is 10.3. The summed E-state index contributed by atoms with van der Waals surface area (Å²) in [5, 5.41) is 10.7. The molecule has 2 aromatic heterocycles. The zero-order valence-electron chi connectivity index (χ0n) is 17.7. The number of ether oxygens (including phenoxy) is 1. The number of benzene rings is 2. The second kappa shape index (κ2) is 9.28. The van der Waals surface area contributed by atoms with E-state index in [4.69, 9.17) is 16.3 Å². The number of halogens is 1. The summed E-state index contributed by atoms with van der Waals surface area (Å²) in [7, 11) is 0. The van der Waals surface area contributed by atoms with Gasteiger partial charge in [-0.15, -0.1) is 0 Å². The minimum atomic E-state index is -0.490. The minimum absolute atomic E-state index is 0.284. The molecule has 2 aromatic carbocycles. The summed E-state index contributed by atoms with van der Waals surface area (Å²) < 4.78 is 7.84. The average molecular weight is 449 g/mol. The minimum Gasteiger partial charge on any atom is -0.491 e. The van der Waals surface area contributed by atoms with E-state index in [1.165, 1.54) is 19.2 Å². The van der Waals surface area contributed by atoms with E-state index >= 15 is 0 Å². The van der Waals surface area contributed by atoms with E-state index in [1.54, 1.807) is 0 Å². The fraction of sp³-hybridized carbons (Fsp3) is 0.280. The lowest BCUT2D eigenvalue weighted by Gasteiger charge is -2.19. The number of aliphatic hydroxyl groups excluding tert-OH is 1. The van der Waals surface area contributed by atoms with Gasteiger partial charge in [0.15, 0.2) is 5.15 Å². The molecule has 3 heterocycles. The van der Waals surface area contributed by atoms with E-state index < -0.39 is 6.10 Å². The van der Waals surface area contributed by atoms with Crippen molar-refractivity contribution in [1.29, 1.82) is 0 Å². The Kier molecular flexibility index (Phi) is 6.08. The average Bonchev–Trinajstić information content (AvgIpc) is 3.47. The molecule has 0 amide bonds. The maximum Gasteiger partial charge on any atom is 0.157 e. The van der Waals surface area contributed by atoms with Gasteiger partial charge in [0.25, 0.3) is 0 Å². The smallest absolute Gasteiger partial charge is 0.157 e. The van der Waals surface area contributed by atoms with Crippen LogP contribution in [-0.4, -0.2) is 56.9 Å². The first-order valence-electron chi connectivity index (χ1n) is 10.9. The number of para-hydroxylation sites is 1. The van der Waals surface area contributed by atoms with Crippen LogP contribution < -0.4 is 4.74 Å². The Morgan fingerprint density at radius 1 is 1.00 bits per heavy atom. The number of hydrogen-bond donors (Lipinski definition) is 1. The molecule has 1 fully saturated rings. The lowest BCUT2D eigenvalue weighted by Crippen LogP contribution is -2.33. The Bertz CT molecular complexity index is 1190. The topological polar surface area (TPSA) is 63.4 Å². The van der Waals surface area contributed by atoms with Crippen LogP contribution in [0.4, 0.5) is 0 Å². The summed E-state index contributed by atoms with van der Waals surface area (Å²) >= 11 is 6.45. The predicted octanol–water partition coefficient (Wildman–Crippen LogP) is 4.58. The number of likely N-dealkylation sites (tertiary alicyclic amines) is 1. The highest BCUT2D eigenvalue weighted by Crippen LogP contribution is 2.34. The van der Waals surface area contributed by atoms with E-state index in [0.29, 0.717) is 11.7 Å². The van der Waals surface area contributed by atoms with Gasteiger partial charge in [0.1, 0.15) is 35.8 Å². The van der Waals surface area contributed by atoms with Crippen molar-refractivity contribution in [2.75, 3.05) is 26.2 Å². The predicted molar refractivity (Wildman–Crippen MR) is 126 cm³/mol. The van der Waals surface area contributed by atoms with Gasteiger partial charge >= 0.3 is 0 Å². The molecule has 0 spiro atoms. The van der Waals surface area contributed by atoms with Crippen molar-refractivity contribution >= 4 is 22.6 Å². The highest BCUT2D eigenvalue weighted by atomic mass is 35.5. The number of nitrogens with zero attached hydrogens (tertiary/aromatic N) is 4. The zero-order chi connectivity index (χ0) is 21.9. The summed E-state index contributed by atoms with van der Waals surface area (Å²) in [5.41, 5.74) is 4.54. The largest absolute Gasteiger partial charge is 0.491 e. The molecule has 1 aliphatic rings. The lowest BCUT2D eigenvalue weighted by molar-refractivity contribution is 0.0758. The molecule has 1 N–H and O–H groups in total. The first-order valence-corrected chi connectivity index (χ1v) is 11.3. The van der Waals surface area contributed by atoms with Crippen molar-refractivity contribution in [2.45, 2.75) is 18.9 Å². The molecule has 0 bridgehead atoms. The van der Waals surface area contributed by atoms with Crippen molar-refractivity contribution < 1.29 is 9.84 Å². The molecule has 0 aliphatic carbocycles. The van der Waals surface area contributed by atoms with Crippen molar-refractivity contribution in [3.8, 4) is 22.6 Å². The molecular formula is C25H25ClN4O2. The number of rotatable bonds is 7. The molecule has 7 heteroatoms. The van der Waals surface area contributed by atoms with Gasteiger partial charge < -0.3 is 19.3 Å². The van der Waals surface area contributed by atoms with Gasteiger partial charge in [-0.3, -0.25) is 0 Å². The third-order valence-corrected chi connectivity index (χ3v) is 6.12. The molecule has 1 saturated heterocycles. The molecular weight excluding hydrogens is 424 g/mol. The monoisotopic (exact) mass is 448 g/mol. The Balaban J connectivity index is 1.37. The summed E-state index contributed by atoms with van der Waals surface area (Å²) in [6.07, 6.45) is 5.46. The molecule has 1 aliphatic heterocycles. The van der Waals surface area contributed by atoms with Crippen LogP contribution in [0, 0.1) is 0 Å². The number of fused-ring (bicyclic) bond motifs is 1. The van der Waals surface area contributed by atoms with Gasteiger partial charge in [0.2, 0.25) is 0 Å². The van der Waals surface area contributed by atoms with Gasteiger partial charge in [0, 0.05) is 24.0 Å². The van der Waals surface area contributed by atoms with Gasteiger partial charge in [-0.2, -0.15) is 0 Å². The van der Waals surface area contributed by atoms with Crippen LogP contribution in [0.1, 0.15) is 12.8 Å². The fourth-order valence-electron chi connectivity index (χ4n) is 4.27. The Morgan fingerprint density at radius 2 is 1.75 bits per heavy atom. The molecule has 32 heavy (non-hydrogen) atoms. The number of aromatic nitrogens is 3. The Morgan fingerprint density at radius 3 is 2.50 bits per heavy atom. The van der Waals surface area contributed by atoms with Crippen LogP contribution in [0.2, 0.25) is 5.15 Å². The van der Waals surface area contributed by atoms with Crippen LogP contribution in [0.3, 0.4) is 0 Å². The Labute approximate surface area is 192 Å². The number of β-amino-alcohol motifs (C(OH)–C–C–N with tert-alkyl or cyclic N) is 1. The van der Waals surface area contributed by atoms with Crippen molar-refractivity contribution in [3.05, 3.63) is 72.3 Å². The second-order valence-electron chi connectivity index (χ2n) is 8.11. The van der Waals surface area contributed by atoms with E-state index in [-0.39, 0.29) is 6.61 Å². The van der Waals surface area contributed by atoms with Gasteiger partial charge in [-0.05, 0) is 55.8 Å². The Hall–Kier alpha value is -2.93. The number of aliphatic hydroxyl groups is 1. The lowest BCUT2D eigenvalue weighted by atomic mass is 10.1. The van der Waals surface area contributed by atoms with E-state index in [1.807, 2.05) is 65.4 Å². The van der Waals surface area contributed by atoms with Gasteiger partial charge in [-0.25, -0.2) is 9.97 Å². The summed E-state index contributed by atoms with van der Waals surface area (Å²) in [6, 6.07) is 17.9. The highest BCUT2D eigenvalue weighted by molar-refractivity contribution is 6.34. The highest BCUT2D eigenvalue weighted by Gasteiger charge is 2.18. The van der Waals surface area contributed by atoms with Gasteiger partial charge in [0.05, 0.1) is 0 Å². The van der Waals surface area contributed by atoms with Crippen LogP contribution in [-0.2, 0) is 0 Å². The van der Waals surface area contributed by atoms with Crippen LogP contribution in [0.25, 0.3) is 27.8 Å². The van der Waals surface area contributed by atoms with E-state index in [0.717, 1.165) is 46.7 Å². The van der Waals surface area contributed by atoms with Crippen LogP contribution >= 0.6 is 11.6 Å². The van der Waals surface area contributed by atoms with Crippen LogP contribution in [0.5, 0.6) is 5.75 Å². The van der Waals surface area contributed by atoms with Crippen LogP contribution in [0.15, 0.2) is 67.1 Å². The zero-order valence-corrected chi connectivity index (χ0v) is 18.4. The third kappa shape index (κ3) is 4.35. The summed E-state index contributed by atoms with van der Waals surface area (Å²) in [6.45, 7) is 3.08. The molecule has 0 radical (unpaired) electrons. The molecule has 4 aromatic rings. The molecule has 1 atom stereocenters. The fourth-order valence-corrected chi connectivity index (χ4v) is 4.49. The maximum atomic E-state index is 10.3. The first-order chi connectivity index (χ1) is 15.7. The second-order valence-corrected chi connectivity index (χ2v) is 8.46. The normalized spacial score (nSPS) is 15.3. The molecule has 1 unspecified atom stereocenters. The molecule has 0 saturated carbocycles. The van der Waals surface area contributed by atoms with Crippen molar-refractivity contribution in [1.82, 2.24) is 19.4 Å². The molecule has 164 valence electrons.